The van der Waals surface area contributed by atoms with E-state index in [0.717, 1.165) is 89.4 Å². The highest BCUT2D eigenvalue weighted by molar-refractivity contribution is 5.82. The van der Waals surface area contributed by atoms with Crippen molar-refractivity contribution in [3.05, 3.63) is 95.8 Å². The predicted octanol–water partition coefficient (Wildman–Crippen LogP) is 5.34. The van der Waals surface area contributed by atoms with Crippen molar-refractivity contribution in [3.8, 4) is 0 Å². The van der Waals surface area contributed by atoms with Gasteiger partial charge in [0.15, 0.2) is 0 Å². The Bertz CT molecular complexity index is 2150. The van der Waals surface area contributed by atoms with E-state index in [4.69, 9.17) is 0 Å². The van der Waals surface area contributed by atoms with Crippen molar-refractivity contribution in [1.29, 1.82) is 0 Å². The lowest BCUT2D eigenvalue weighted by atomic mass is 10.0. The van der Waals surface area contributed by atoms with Crippen molar-refractivity contribution in [2.45, 2.75) is 33.2 Å². The third-order valence-corrected chi connectivity index (χ3v) is 9.27. The first-order chi connectivity index (χ1) is 24.2. The molecule has 0 saturated carbocycles. The second-order valence-electron chi connectivity index (χ2n) is 12.6. The van der Waals surface area contributed by atoms with Crippen molar-refractivity contribution in [1.82, 2.24) is 39.3 Å². The summed E-state index contributed by atoms with van der Waals surface area (Å²) in [6, 6.07) is 16.4. The van der Waals surface area contributed by atoms with Gasteiger partial charge >= 0.3 is 0 Å². The fourth-order valence-electron chi connectivity index (χ4n) is 6.37. The number of aryl methyl sites for hydroxylation is 4. The fraction of sp³-hybridized carbons (Fsp3) is 0.316. The molecule has 0 atom stereocenters. The Kier molecular flexibility index (Phi) is 10.2. The predicted molar refractivity (Wildman–Crippen MR) is 198 cm³/mol. The van der Waals surface area contributed by atoms with E-state index in [1.165, 1.54) is 11.1 Å². The number of nitrogens with zero attached hydrogens (tertiary/aromatic N) is 9. The minimum absolute atomic E-state index is 0.106. The number of benzene rings is 2. The first-order valence-corrected chi connectivity index (χ1v) is 16.9. The normalized spacial score (nSPS) is 13.2. The molecule has 7 rings (SSSR count). The van der Waals surface area contributed by atoms with Gasteiger partial charge in [-0.05, 0) is 53.8 Å². The standard InChI is InChI=1S/C21H26N6O.C17H18N4O/c1-4-16-9-15(12-27-8-7-22-21(28)13-27)5-6-18(16)26(3)20-10-19-17(11-23-20)24-14-25(19)2;1-4-13-7-12(10-22)5-6-15(13)21(3)17-8-16-14(9-18-17)19-11-20(16)2/h5-6,9-11,14H,4,7-8,12-13H2,1-3H3,(H,22,28);5-11H,4H2,1-3H3. The largest absolute Gasteiger partial charge is 0.354 e. The zero-order valence-corrected chi connectivity index (χ0v) is 29.6. The minimum Gasteiger partial charge on any atom is -0.354 e. The van der Waals surface area contributed by atoms with E-state index in [9.17, 15) is 9.59 Å². The van der Waals surface area contributed by atoms with Crippen LogP contribution in [0.15, 0.2) is 73.6 Å². The molecule has 0 unspecified atom stereocenters. The molecular weight excluding hydrogens is 628 g/mol. The number of hydrogen-bond acceptors (Lipinski definition) is 9. The molecule has 2 aromatic carbocycles. The van der Waals surface area contributed by atoms with Crippen molar-refractivity contribution < 1.29 is 9.59 Å². The molecule has 0 radical (unpaired) electrons. The summed E-state index contributed by atoms with van der Waals surface area (Å²) in [4.78, 5) is 46.6. The molecule has 50 heavy (non-hydrogen) atoms. The molecule has 1 N–H and O–H groups in total. The molecule has 1 amide bonds. The Morgan fingerprint density at radius 1 is 0.780 bits per heavy atom. The number of pyridine rings is 2. The summed E-state index contributed by atoms with van der Waals surface area (Å²) >= 11 is 0. The van der Waals surface area contributed by atoms with Crippen LogP contribution in [0, 0.1) is 0 Å². The van der Waals surface area contributed by atoms with Crippen LogP contribution in [0.25, 0.3) is 22.1 Å². The van der Waals surface area contributed by atoms with E-state index in [1.54, 1.807) is 12.5 Å². The van der Waals surface area contributed by atoms with E-state index in [2.05, 4.69) is 73.2 Å². The van der Waals surface area contributed by atoms with Crippen LogP contribution in [0.1, 0.15) is 40.9 Å². The number of hydrogen-bond donors (Lipinski definition) is 1. The smallest absolute Gasteiger partial charge is 0.234 e. The number of fused-ring (bicyclic) bond motifs is 2. The van der Waals surface area contributed by atoms with E-state index >= 15 is 0 Å². The van der Waals surface area contributed by atoms with E-state index in [0.29, 0.717) is 12.1 Å². The number of carbonyl (C=O) groups is 2. The average Bonchev–Trinajstić information content (AvgIpc) is 3.71. The Balaban J connectivity index is 0.000000178. The number of nitrogens with one attached hydrogen (secondary N) is 1. The lowest BCUT2D eigenvalue weighted by Gasteiger charge is -2.27. The summed E-state index contributed by atoms with van der Waals surface area (Å²) in [6.45, 7) is 7.13. The zero-order chi connectivity index (χ0) is 35.4. The number of aldehydes is 1. The van der Waals surface area contributed by atoms with Crippen LogP contribution < -0.4 is 15.1 Å². The minimum atomic E-state index is 0.106. The summed E-state index contributed by atoms with van der Waals surface area (Å²) in [5.74, 6) is 1.85. The molecule has 1 aliphatic rings. The van der Waals surface area contributed by atoms with Gasteiger partial charge in [-0.1, -0.05) is 26.0 Å². The Labute approximate surface area is 292 Å². The first-order valence-electron chi connectivity index (χ1n) is 16.9. The van der Waals surface area contributed by atoms with Gasteiger partial charge in [-0.3, -0.25) is 14.5 Å². The fourth-order valence-corrected chi connectivity index (χ4v) is 6.37. The second kappa shape index (κ2) is 14.9. The van der Waals surface area contributed by atoms with Crippen LogP contribution in [-0.2, 0) is 38.3 Å². The van der Waals surface area contributed by atoms with E-state index in [1.807, 2.05) is 79.0 Å². The number of piperazine rings is 1. The maximum atomic E-state index is 11.6. The average molecular weight is 673 g/mol. The zero-order valence-electron chi connectivity index (χ0n) is 29.6. The summed E-state index contributed by atoms with van der Waals surface area (Å²) in [5, 5.41) is 2.88. The molecule has 12 heteroatoms. The summed E-state index contributed by atoms with van der Waals surface area (Å²) < 4.78 is 3.98. The van der Waals surface area contributed by atoms with Gasteiger partial charge in [-0.25, -0.2) is 19.9 Å². The number of rotatable bonds is 9. The first kappa shape index (κ1) is 34.3. The van der Waals surface area contributed by atoms with Gasteiger partial charge in [0.2, 0.25) is 5.91 Å². The van der Waals surface area contributed by atoms with Crippen molar-refractivity contribution in [2.75, 3.05) is 43.5 Å². The molecule has 5 heterocycles. The Morgan fingerprint density at radius 3 is 1.88 bits per heavy atom. The highest BCUT2D eigenvalue weighted by Crippen LogP contribution is 2.30. The monoisotopic (exact) mass is 672 g/mol. The van der Waals surface area contributed by atoms with Gasteiger partial charge < -0.3 is 24.3 Å². The molecule has 6 aromatic rings. The van der Waals surface area contributed by atoms with Crippen molar-refractivity contribution in [3.63, 3.8) is 0 Å². The summed E-state index contributed by atoms with van der Waals surface area (Å²) in [7, 11) is 8.00. The lowest BCUT2D eigenvalue weighted by molar-refractivity contribution is -0.124. The Hall–Kier alpha value is -5.62. The molecule has 1 aliphatic heterocycles. The number of aromatic nitrogens is 6. The lowest BCUT2D eigenvalue weighted by Crippen LogP contribution is -2.47. The number of anilines is 4. The molecule has 0 spiro atoms. The molecule has 4 aromatic heterocycles. The third-order valence-electron chi connectivity index (χ3n) is 9.27. The van der Waals surface area contributed by atoms with Gasteiger partial charge in [0, 0.05) is 76.9 Å². The summed E-state index contributed by atoms with van der Waals surface area (Å²) in [5.41, 5.74) is 10.4. The molecule has 1 fully saturated rings. The van der Waals surface area contributed by atoms with Crippen LogP contribution in [0.5, 0.6) is 0 Å². The van der Waals surface area contributed by atoms with E-state index in [-0.39, 0.29) is 5.91 Å². The van der Waals surface area contributed by atoms with Gasteiger partial charge in [0.25, 0.3) is 0 Å². The van der Waals surface area contributed by atoms with Crippen molar-refractivity contribution >= 4 is 57.3 Å². The van der Waals surface area contributed by atoms with Crippen LogP contribution in [0.3, 0.4) is 0 Å². The highest BCUT2D eigenvalue weighted by Gasteiger charge is 2.18. The van der Waals surface area contributed by atoms with Gasteiger partial charge in [0.1, 0.15) is 29.0 Å². The number of amides is 1. The SMILES string of the molecule is CCc1cc(C=O)ccc1N(C)c1cc2c(cn1)ncn2C.CCc1cc(CN2CCNC(=O)C2)ccc1N(C)c1cc2c(cn1)ncn2C. The molecule has 1 saturated heterocycles. The van der Waals surface area contributed by atoms with Gasteiger partial charge in [0.05, 0.1) is 42.6 Å². The molecular formula is C38H44N10O2. The van der Waals surface area contributed by atoms with Crippen LogP contribution in [0.2, 0.25) is 0 Å². The van der Waals surface area contributed by atoms with Crippen LogP contribution in [-0.4, -0.2) is 79.9 Å². The van der Waals surface area contributed by atoms with Crippen molar-refractivity contribution in [2.24, 2.45) is 14.1 Å². The second-order valence-corrected chi connectivity index (χ2v) is 12.6. The number of imidazole rings is 2. The quantitative estimate of drug-likeness (QED) is 0.203. The topological polar surface area (TPSA) is 117 Å². The highest BCUT2D eigenvalue weighted by atomic mass is 16.2. The van der Waals surface area contributed by atoms with Gasteiger partial charge in [-0.15, -0.1) is 0 Å². The van der Waals surface area contributed by atoms with Crippen LogP contribution >= 0.6 is 0 Å². The Morgan fingerprint density at radius 2 is 1.34 bits per heavy atom. The summed E-state index contributed by atoms with van der Waals surface area (Å²) in [6.07, 6.45) is 9.87. The maximum absolute atomic E-state index is 11.6. The maximum Gasteiger partial charge on any atom is 0.234 e. The molecule has 258 valence electrons. The van der Waals surface area contributed by atoms with Crippen LogP contribution in [0.4, 0.5) is 23.0 Å². The van der Waals surface area contributed by atoms with Gasteiger partial charge in [-0.2, -0.15) is 0 Å². The van der Waals surface area contributed by atoms with E-state index < -0.39 is 0 Å². The third kappa shape index (κ3) is 7.20. The number of carbonyl (C=O) groups excluding carboxylic acids is 2. The molecule has 0 aliphatic carbocycles. The molecule has 12 nitrogen and oxygen atoms in total. The molecule has 0 bridgehead atoms.